The molecule has 7 heteroatoms. The molecular weight excluding hydrogens is 431 g/mol. The van der Waals surface area contributed by atoms with Crippen LogP contribution in [0.4, 0.5) is 13.2 Å². The summed E-state index contributed by atoms with van der Waals surface area (Å²) in [4.78, 5) is 31.3. The molecule has 33 heavy (non-hydrogen) atoms. The van der Waals surface area contributed by atoms with Gasteiger partial charge in [0.05, 0.1) is 5.56 Å². The van der Waals surface area contributed by atoms with Crippen molar-refractivity contribution in [3.05, 3.63) is 46.7 Å². The number of ketones is 1. The first kappa shape index (κ1) is 23.7. The second-order valence-corrected chi connectivity index (χ2v) is 10.3. The number of ether oxygens (including phenoxy) is 1. The van der Waals surface area contributed by atoms with Crippen LogP contribution in [-0.2, 0) is 20.5 Å². The van der Waals surface area contributed by atoms with Crippen molar-refractivity contribution in [1.82, 2.24) is 0 Å². The third kappa shape index (κ3) is 4.78. The lowest BCUT2D eigenvalue weighted by Crippen LogP contribution is -2.41. The van der Waals surface area contributed by atoms with Crippen molar-refractivity contribution in [2.45, 2.75) is 83.9 Å². The van der Waals surface area contributed by atoms with Gasteiger partial charge < -0.3 is 4.74 Å². The zero-order valence-electron chi connectivity index (χ0n) is 19.3. The molecule has 0 N–H and O–H groups in total. The summed E-state index contributed by atoms with van der Waals surface area (Å²) in [6, 6.07) is 5.24. The van der Waals surface area contributed by atoms with Crippen molar-refractivity contribution >= 4 is 17.5 Å². The molecular formula is C26H30F3NO3. The van der Waals surface area contributed by atoms with Crippen LogP contribution in [0.15, 0.2) is 40.5 Å². The van der Waals surface area contributed by atoms with Crippen molar-refractivity contribution < 1.29 is 27.5 Å². The fourth-order valence-electron chi connectivity index (χ4n) is 5.53. The molecule has 0 aromatic heterocycles. The van der Waals surface area contributed by atoms with E-state index in [1.54, 1.807) is 6.92 Å². The van der Waals surface area contributed by atoms with Crippen LogP contribution < -0.4 is 0 Å². The summed E-state index contributed by atoms with van der Waals surface area (Å²) < 4.78 is 47.8. The van der Waals surface area contributed by atoms with Crippen LogP contribution in [0.3, 0.4) is 0 Å². The number of esters is 1. The maximum atomic E-state index is 14.0. The minimum Gasteiger partial charge on any atom is -0.462 e. The number of alkyl halides is 3. The largest absolute Gasteiger partial charge is 0.462 e. The minimum atomic E-state index is -4.62. The van der Waals surface area contributed by atoms with Gasteiger partial charge in [-0.05, 0) is 56.1 Å². The van der Waals surface area contributed by atoms with Gasteiger partial charge in [-0.2, -0.15) is 13.2 Å². The molecule has 3 aliphatic rings. The SMILES string of the molecule is CC1=NC2=C(C(=O)CC(C)(C)C2)[C@H](c2ccccc2C(F)(F)F)C1C(=O)OC1CCCCC1. The average Bonchev–Trinajstić information content (AvgIpc) is 2.71. The Hall–Kier alpha value is -2.44. The zero-order chi connectivity index (χ0) is 24.0. The molecule has 4 rings (SSSR count). The van der Waals surface area contributed by atoms with Gasteiger partial charge in [-0.1, -0.05) is 38.5 Å². The third-order valence-corrected chi connectivity index (χ3v) is 6.99. The fraction of sp³-hybridized carbons (Fsp3) is 0.577. The first-order valence-corrected chi connectivity index (χ1v) is 11.7. The number of nitrogens with zero attached hydrogens (tertiary/aromatic N) is 1. The van der Waals surface area contributed by atoms with Crippen LogP contribution in [-0.4, -0.2) is 23.6 Å². The number of Topliss-reactive ketones (excluding diaryl/α,β-unsaturated/α-hetero) is 1. The molecule has 178 valence electrons. The predicted octanol–water partition coefficient (Wildman–Crippen LogP) is 6.40. The molecule has 1 unspecified atom stereocenters. The normalized spacial score (nSPS) is 26.0. The first-order chi connectivity index (χ1) is 15.5. The van der Waals surface area contributed by atoms with Crippen molar-refractivity contribution in [3.63, 3.8) is 0 Å². The van der Waals surface area contributed by atoms with Crippen LogP contribution in [0.25, 0.3) is 0 Å². The lowest BCUT2D eigenvalue weighted by Gasteiger charge is -2.40. The van der Waals surface area contributed by atoms with Crippen molar-refractivity contribution in [2.24, 2.45) is 16.3 Å². The summed E-state index contributed by atoms with van der Waals surface area (Å²) in [7, 11) is 0. The highest BCUT2D eigenvalue weighted by Crippen LogP contribution is 2.50. The molecule has 0 spiro atoms. The quantitative estimate of drug-likeness (QED) is 0.490. The van der Waals surface area contributed by atoms with Crippen LogP contribution >= 0.6 is 0 Å². The summed E-state index contributed by atoms with van der Waals surface area (Å²) in [5, 5.41) is 0. The fourth-order valence-corrected chi connectivity index (χ4v) is 5.53. The number of benzene rings is 1. The van der Waals surface area contributed by atoms with Gasteiger partial charge >= 0.3 is 12.1 Å². The monoisotopic (exact) mass is 461 g/mol. The molecule has 1 fully saturated rings. The lowest BCUT2D eigenvalue weighted by molar-refractivity contribution is -0.154. The number of hydrogen-bond donors (Lipinski definition) is 0. The second kappa shape index (κ2) is 8.73. The van der Waals surface area contributed by atoms with E-state index in [0.29, 0.717) is 17.8 Å². The highest BCUT2D eigenvalue weighted by molar-refractivity contribution is 6.09. The number of aliphatic imine (C=N–C) groups is 1. The molecule has 1 aromatic rings. The molecule has 0 radical (unpaired) electrons. The Balaban J connectivity index is 1.83. The van der Waals surface area contributed by atoms with Gasteiger partial charge in [0.1, 0.15) is 12.0 Å². The number of hydrogen-bond acceptors (Lipinski definition) is 4. The molecule has 0 saturated heterocycles. The van der Waals surface area contributed by atoms with E-state index in [-0.39, 0.29) is 34.9 Å². The number of carbonyl (C=O) groups is 2. The third-order valence-electron chi connectivity index (χ3n) is 6.99. The Labute approximate surface area is 192 Å². The van der Waals surface area contributed by atoms with E-state index in [9.17, 15) is 22.8 Å². The van der Waals surface area contributed by atoms with E-state index in [1.165, 1.54) is 18.2 Å². The highest BCUT2D eigenvalue weighted by atomic mass is 19.4. The summed E-state index contributed by atoms with van der Waals surface area (Å²) >= 11 is 0. The molecule has 1 aromatic carbocycles. The Morgan fingerprint density at radius 2 is 1.76 bits per heavy atom. The van der Waals surface area contributed by atoms with E-state index in [4.69, 9.17) is 4.74 Å². The van der Waals surface area contributed by atoms with Gasteiger partial charge in [-0.25, -0.2) is 0 Å². The van der Waals surface area contributed by atoms with E-state index < -0.39 is 29.5 Å². The van der Waals surface area contributed by atoms with Crippen molar-refractivity contribution in [1.29, 1.82) is 0 Å². The molecule has 0 amide bonds. The standard InChI is InChI=1S/C26H30F3NO3/c1-15-21(24(32)33-16-9-5-4-6-10-16)22(17-11-7-8-12-18(17)26(27,28)29)23-19(30-15)13-25(2,3)14-20(23)31/h7-8,11-12,16,21-22H,4-6,9-10,13-14H2,1-3H3/t21?,22-/m1/s1. The minimum absolute atomic E-state index is 0.0644. The van der Waals surface area contributed by atoms with Crippen LogP contribution in [0.5, 0.6) is 0 Å². The van der Waals surface area contributed by atoms with E-state index >= 15 is 0 Å². The molecule has 0 bridgehead atoms. The summed E-state index contributed by atoms with van der Waals surface area (Å²) in [5.41, 5.74) is -0.0970. The van der Waals surface area contributed by atoms with Gasteiger partial charge in [0.25, 0.3) is 0 Å². The Bertz CT molecular complexity index is 1020. The van der Waals surface area contributed by atoms with Gasteiger partial charge in [-0.3, -0.25) is 14.6 Å². The Morgan fingerprint density at radius 1 is 1.09 bits per heavy atom. The van der Waals surface area contributed by atoms with E-state index in [2.05, 4.69) is 4.99 Å². The van der Waals surface area contributed by atoms with Gasteiger partial charge in [0.2, 0.25) is 0 Å². The maximum absolute atomic E-state index is 14.0. The van der Waals surface area contributed by atoms with Crippen LogP contribution in [0, 0.1) is 11.3 Å². The predicted molar refractivity (Wildman–Crippen MR) is 119 cm³/mol. The number of carbonyl (C=O) groups excluding carboxylic acids is 2. The number of halogens is 3. The molecule has 1 heterocycles. The van der Waals surface area contributed by atoms with Crippen LogP contribution in [0.2, 0.25) is 0 Å². The van der Waals surface area contributed by atoms with Crippen molar-refractivity contribution in [2.75, 3.05) is 0 Å². The van der Waals surface area contributed by atoms with Crippen molar-refractivity contribution in [3.8, 4) is 0 Å². The van der Waals surface area contributed by atoms with Crippen LogP contribution in [0.1, 0.15) is 82.8 Å². The van der Waals surface area contributed by atoms with E-state index in [1.807, 2.05) is 13.8 Å². The molecule has 2 atom stereocenters. The van der Waals surface area contributed by atoms with Gasteiger partial charge in [0.15, 0.2) is 5.78 Å². The summed E-state index contributed by atoms with van der Waals surface area (Å²) in [6.07, 6.45) is 0.315. The smallest absolute Gasteiger partial charge is 0.416 e. The Morgan fingerprint density at radius 3 is 2.42 bits per heavy atom. The average molecular weight is 462 g/mol. The number of allylic oxidation sites excluding steroid dienone is 2. The first-order valence-electron chi connectivity index (χ1n) is 11.7. The second-order valence-electron chi connectivity index (χ2n) is 10.3. The molecule has 4 nitrogen and oxygen atoms in total. The highest BCUT2D eigenvalue weighted by Gasteiger charge is 2.48. The Kier molecular flexibility index (Phi) is 6.27. The lowest BCUT2D eigenvalue weighted by atomic mass is 9.66. The summed E-state index contributed by atoms with van der Waals surface area (Å²) in [6.45, 7) is 5.55. The molecule has 1 saturated carbocycles. The van der Waals surface area contributed by atoms with E-state index in [0.717, 1.165) is 38.2 Å². The molecule has 2 aliphatic carbocycles. The van der Waals surface area contributed by atoms with Gasteiger partial charge in [0, 0.05) is 29.3 Å². The zero-order valence-corrected chi connectivity index (χ0v) is 19.3. The summed E-state index contributed by atoms with van der Waals surface area (Å²) in [5.74, 6) is -2.95. The molecule has 1 aliphatic heterocycles. The topological polar surface area (TPSA) is 55.7 Å². The van der Waals surface area contributed by atoms with Gasteiger partial charge in [-0.15, -0.1) is 0 Å². The number of rotatable bonds is 3. The maximum Gasteiger partial charge on any atom is 0.416 e.